The highest BCUT2D eigenvalue weighted by Crippen LogP contribution is 2.41. The normalized spacial score (nSPS) is 11.8. The Morgan fingerprint density at radius 1 is 0.518 bits per heavy atom. The van der Waals surface area contributed by atoms with E-state index in [9.17, 15) is 0 Å². The van der Waals surface area contributed by atoms with Crippen molar-refractivity contribution in [2.24, 2.45) is 0 Å². The summed E-state index contributed by atoms with van der Waals surface area (Å²) in [7, 11) is 0. The Labute approximate surface area is 322 Å². The third kappa shape index (κ3) is 4.91. The third-order valence-corrected chi connectivity index (χ3v) is 10.9. The molecular formula is C49H34N6O. The highest BCUT2D eigenvalue weighted by molar-refractivity contribution is 6.13. The highest BCUT2D eigenvalue weighted by atomic mass is 16.5. The molecule has 0 amide bonds. The Balaban J connectivity index is 1.11. The molecule has 0 atom stereocenters. The van der Waals surface area contributed by atoms with Gasteiger partial charge in [-0.25, -0.2) is 9.97 Å². The van der Waals surface area contributed by atoms with Gasteiger partial charge in [-0.05, 0) is 92.6 Å². The van der Waals surface area contributed by atoms with Crippen LogP contribution in [-0.2, 0) is 0 Å². The summed E-state index contributed by atoms with van der Waals surface area (Å²) >= 11 is 0. The number of fused-ring (bicyclic) bond motifs is 12. The molecular weight excluding hydrogens is 689 g/mol. The van der Waals surface area contributed by atoms with Crippen LogP contribution in [0.25, 0.3) is 88.7 Å². The molecule has 11 rings (SSSR count). The van der Waals surface area contributed by atoms with Crippen LogP contribution in [0, 0.1) is 20.8 Å². The maximum atomic E-state index is 6.75. The minimum absolute atomic E-state index is 0.699. The summed E-state index contributed by atoms with van der Waals surface area (Å²) in [6.07, 6.45) is 5.84. The summed E-state index contributed by atoms with van der Waals surface area (Å²) < 4.78 is 11.2. The predicted molar refractivity (Wildman–Crippen MR) is 227 cm³/mol. The molecule has 0 saturated heterocycles. The van der Waals surface area contributed by atoms with Crippen molar-refractivity contribution in [2.45, 2.75) is 20.8 Å². The van der Waals surface area contributed by atoms with Crippen LogP contribution in [0.2, 0.25) is 0 Å². The fraction of sp³-hybridized carbons (Fsp3) is 0.0612. The Hall–Kier alpha value is -7.38. The molecule has 0 bridgehead atoms. The van der Waals surface area contributed by atoms with Crippen LogP contribution in [0.15, 0.2) is 152 Å². The van der Waals surface area contributed by atoms with Crippen molar-refractivity contribution in [2.75, 3.05) is 0 Å². The second-order valence-corrected chi connectivity index (χ2v) is 14.6. The standard InChI is InChI=1S/C49H34N6O/c1-29-24-30(2)43(31(3)25-29)40-28-54-41-16-10-22-50-45(41)36-20-18-34(26-38(36)48(54)52-40)56-35-19-21-37-39(27-35)49-53-44(32-12-6-4-7-13-32)47(33-14-8-5-9-15-33)55(49)42-17-11-23-51-46(37)42/h4-28H,1-3H3. The first-order valence-electron chi connectivity index (χ1n) is 18.8. The highest BCUT2D eigenvalue weighted by Gasteiger charge is 2.22. The van der Waals surface area contributed by atoms with Gasteiger partial charge in [-0.2, -0.15) is 0 Å². The van der Waals surface area contributed by atoms with Gasteiger partial charge in [0.15, 0.2) is 0 Å². The molecule has 7 heteroatoms. The second kappa shape index (κ2) is 12.3. The summed E-state index contributed by atoms with van der Waals surface area (Å²) in [6, 6.07) is 45.9. The predicted octanol–water partition coefficient (Wildman–Crippen LogP) is 12.1. The monoisotopic (exact) mass is 722 g/mol. The molecule has 56 heavy (non-hydrogen) atoms. The molecule has 0 fully saturated rings. The Morgan fingerprint density at radius 2 is 1.11 bits per heavy atom. The van der Waals surface area contributed by atoms with Crippen LogP contribution < -0.4 is 4.74 Å². The number of nitrogens with zero attached hydrogens (tertiary/aromatic N) is 6. The molecule has 0 radical (unpaired) electrons. The van der Waals surface area contributed by atoms with E-state index in [4.69, 9.17) is 24.7 Å². The molecule has 0 N–H and O–H groups in total. The molecule has 0 aliphatic carbocycles. The summed E-state index contributed by atoms with van der Waals surface area (Å²) in [5.74, 6) is 1.40. The fourth-order valence-corrected chi connectivity index (χ4v) is 8.63. The van der Waals surface area contributed by atoms with Gasteiger partial charge in [-0.15, -0.1) is 0 Å². The van der Waals surface area contributed by atoms with Crippen LogP contribution in [0.4, 0.5) is 0 Å². The molecule has 0 unspecified atom stereocenters. The van der Waals surface area contributed by atoms with E-state index < -0.39 is 0 Å². The minimum Gasteiger partial charge on any atom is -0.457 e. The Kier molecular flexibility index (Phi) is 7.06. The van der Waals surface area contributed by atoms with Gasteiger partial charge in [0.2, 0.25) is 0 Å². The first-order chi connectivity index (χ1) is 27.5. The topological polar surface area (TPSA) is 69.6 Å². The largest absolute Gasteiger partial charge is 0.457 e. The molecule has 0 saturated carbocycles. The van der Waals surface area contributed by atoms with Crippen LogP contribution in [0.3, 0.4) is 0 Å². The van der Waals surface area contributed by atoms with Crippen molar-refractivity contribution >= 4 is 54.9 Å². The van der Waals surface area contributed by atoms with E-state index in [1.807, 2.05) is 48.8 Å². The van der Waals surface area contributed by atoms with Crippen LogP contribution in [0.5, 0.6) is 11.5 Å². The SMILES string of the molecule is Cc1cc(C)c(-c2cn3c4cccnc4c4ccc(Oc5ccc6c(c5)c5nc(-c7ccccc7)c(-c7ccccc7)n5c5cccnc65)cc4c3n2)c(C)c1. The van der Waals surface area contributed by atoms with Gasteiger partial charge in [0.1, 0.15) is 22.8 Å². The summed E-state index contributed by atoms with van der Waals surface area (Å²) in [5.41, 5.74) is 15.3. The van der Waals surface area contributed by atoms with Crippen LogP contribution in [0.1, 0.15) is 16.7 Å². The van der Waals surface area contributed by atoms with Crippen molar-refractivity contribution in [1.82, 2.24) is 28.7 Å². The van der Waals surface area contributed by atoms with E-state index >= 15 is 0 Å². The molecule has 7 nitrogen and oxygen atoms in total. The maximum Gasteiger partial charge on any atom is 0.146 e. The van der Waals surface area contributed by atoms with E-state index in [1.165, 1.54) is 16.7 Å². The third-order valence-electron chi connectivity index (χ3n) is 10.9. The van der Waals surface area contributed by atoms with E-state index in [-0.39, 0.29) is 0 Å². The van der Waals surface area contributed by atoms with E-state index in [1.54, 1.807) is 0 Å². The van der Waals surface area contributed by atoms with Crippen LogP contribution in [-0.4, -0.2) is 28.7 Å². The molecule has 5 aromatic carbocycles. The number of rotatable bonds is 5. The lowest BCUT2D eigenvalue weighted by atomic mass is 9.98. The van der Waals surface area contributed by atoms with Crippen molar-refractivity contribution < 1.29 is 4.74 Å². The maximum absolute atomic E-state index is 6.75. The van der Waals surface area contributed by atoms with Gasteiger partial charge in [-0.3, -0.25) is 18.8 Å². The summed E-state index contributed by atoms with van der Waals surface area (Å²) in [4.78, 5) is 20.4. The lowest BCUT2D eigenvalue weighted by molar-refractivity contribution is 0.484. The average Bonchev–Trinajstić information content (AvgIpc) is 3.85. The number of hydrogen-bond acceptors (Lipinski definition) is 5. The second-order valence-electron chi connectivity index (χ2n) is 14.6. The number of aromatic nitrogens is 6. The number of aryl methyl sites for hydroxylation is 3. The molecule has 0 spiro atoms. The molecule has 6 aromatic heterocycles. The molecule has 6 heterocycles. The lowest BCUT2D eigenvalue weighted by Crippen LogP contribution is -1.96. The van der Waals surface area contributed by atoms with Crippen molar-refractivity contribution in [3.05, 3.63) is 169 Å². The smallest absolute Gasteiger partial charge is 0.146 e. The number of imidazole rings is 2. The van der Waals surface area contributed by atoms with E-state index in [0.717, 1.165) is 88.7 Å². The van der Waals surface area contributed by atoms with Gasteiger partial charge < -0.3 is 4.74 Å². The Bertz CT molecular complexity index is 3340. The first kappa shape index (κ1) is 32.1. The molecule has 266 valence electrons. The lowest BCUT2D eigenvalue weighted by Gasteiger charge is -2.13. The van der Waals surface area contributed by atoms with Gasteiger partial charge in [0.05, 0.1) is 39.1 Å². The number of benzene rings is 5. The van der Waals surface area contributed by atoms with Gasteiger partial charge in [0, 0.05) is 56.8 Å². The number of ether oxygens (including phenoxy) is 1. The summed E-state index contributed by atoms with van der Waals surface area (Å²) in [6.45, 7) is 6.46. The molecule has 0 aliphatic rings. The van der Waals surface area contributed by atoms with E-state index in [0.29, 0.717) is 11.5 Å². The Morgan fingerprint density at radius 3 is 1.77 bits per heavy atom. The van der Waals surface area contributed by atoms with Gasteiger partial charge >= 0.3 is 0 Å². The average molecular weight is 723 g/mol. The van der Waals surface area contributed by atoms with Gasteiger partial charge in [0.25, 0.3) is 0 Å². The molecule has 0 aliphatic heterocycles. The zero-order valence-corrected chi connectivity index (χ0v) is 31.0. The van der Waals surface area contributed by atoms with Crippen molar-refractivity contribution in [3.8, 4) is 45.3 Å². The van der Waals surface area contributed by atoms with Gasteiger partial charge in [-0.1, -0.05) is 78.4 Å². The fourth-order valence-electron chi connectivity index (χ4n) is 8.63. The zero-order chi connectivity index (χ0) is 37.5. The molecule has 11 aromatic rings. The minimum atomic E-state index is 0.699. The number of pyridine rings is 4. The van der Waals surface area contributed by atoms with Crippen molar-refractivity contribution in [3.63, 3.8) is 0 Å². The number of hydrogen-bond donors (Lipinski definition) is 0. The quantitative estimate of drug-likeness (QED) is 0.165. The summed E-state index contributed by atoms with van der Waals surface area (Å²) in [5, 5.41) is 3.95. The zero-order valence-electron chi connectivity index (χ0n) is 31.0. The van der Waals surface area contributed by atoms with Crippen LogP contribution >= 0.6 is 0 Å². The van der Waals surface area contributed by atoms with E-state index in [2.05, 4.69) is 133 Å². The first-order valence-corrected chi connectivity index (χ1v) is 18.8. The van der Waals surface area contributed by atoms with Crippen molar-refractivity contribution in [1.29, 1.82) is 0 Å².